The zero-order valence-electron chi connectivity index (χ0n) is 9.03. The van der Waals surface area contributed by atoms with Crippen molar-refractivity contribution in [2.45, 2.75) is 37.6 Å². The minimum absolute atomic E-state index is 0.0864. The summed E-state index contributed by atoms with van der Waals surface area (Å²) < 4.78 is 7.44. The molecule has 1 fully saturated rings. The lowest BCUT2D eigenvalue weighted by Crippen LogP contribution is -2.21. The second kappa shape index (κ2) is 4.99. The maximum Gasteiger partial charge on any atom is 0.0753 e. The molecule has 1 aliphatic heterocycles. The summed E-state index contributed by atoms with van der Waals surface area (Å²) in [5, 5.41) is 4.45. The number of hydrogen-bond donors (Lipinski definition) is 0. The van der Waals surface area contributed by atoms with Crippen molar-refractivity contribution >= 4 is 11.6 Å². The van der Waals surface area contributed by atoms with E-state index in [4.69, 9.17) is 16.3 Å². The van der Waals surface area contributed by atoms with Gasteiger partial charge < -0.3 is 4.74 Å². The molecule has 1 saturated heterocycles. The second-order valence-corrected chi connectivity index (χ2v) is 4.53. The molecule has 0 radical (unpaired) electrons. The fourth-order valence-corrected chi connectivity index (χ4v) is 1.99. The summed E-state index contributed by atoms with van der Waals surface area (Å²) in [5.74, 6) is 0. The van der Waals surface area contributed by atoms with Crippen molar-refractivity contribution < 1.29 is 4.74 Å². The quantitative estimate of drug-likeness (QED) is 0.744. The molecule has 84 valence electrons. The number of halogens is 1. The summed E-state index contributed by atoms with van der Waals surface area (Å²) in [6.45, 7) is 3.75. The van der Waals surface area contributed by atoms with Crippen LogP contribution in [0.4, 0.5) is 0 Å². The zero-order valence-corrected chi connectivity index (χ0v) is 9.78. The van der Waals surface area contributed by atoms with Gasteiger partial charge >= 0.3 is 0 Å². The van der Waals surface area contributed by atoms with E-state index in [1.54, 1.807) is 0 Å². The van der Waals surface area contributed by atoms with Crippen LogP contribution in [0.5, 0.6) is 0 Å². The fourth-order valence-electron chi connectivity index (χ4n) is 1.88. The Labute approximate surface area is 95.4 Å². The van der Waals surface area contributed by atoms with Crippen molar-refractivity contribution in [3.8, 4) is 0 Å². The lowest BCUT2D eigenvalue weighted by molar-refractivity contribution is 0.0549. The monoisotopic (exact) mass is 228 g/mol. The van der Waals surface area contributed by atoms with Crippen molar-refractivity contribution in [3.05, 3.63) is 18.0 Å². The summed E-state index contributed by atoms with van der Waals surface area (Å²) in [6, 6.07) is 0.397. The largest absolute Gasteiger partial charge is 0.379 e. The van der Waals surface area contributed by atoms with Gasteiger partial charge in [-0.05, 0) is 19.3 Å². The van der Waals surface area contributed by atoms with Crippen molar-refractivity contribution in [2.24, 2.45) is 0 Å². The molecule has 1 aliphatic rings. The minimum atomic E-state index is 0.0864. The van der Waals surface area contributed by atoms with Gasteiger partial charge in [0.1, 0.15) is 0 Å². The molecule has 2 rings (SSSR count). The molecule has 15 heavy (non-hydrogen) atoms. The Morgan fingerprint density at radius 2 is 2.60 bits per heavy atom. The first-order valence-corrected chi connectivity index (χ1v) is 6.00. The first kappa shape index (κ1) is 11.0. The number of rotatable bonds is 3. The van der Waals surface area contributed by atoms with Crippen LogP contribution in [0.3, 0.4) is 0 Å². The SMILES string of the molecule is CCC(Cl)c1cnn(C2CCCOC2)c1. The van der Waals surface area contributed by atoms with Crippen LogP contribution in [0.2, 0.25) is 0 Å². The van der Waals surface area contributed by atoms with Gasteiger partial charge in [-0.25, -0.2) is 0 Å². The number of nitrogens with zero attached hydrogens (tertiary/aromatic N) is 2. The van der Waals surface area contributed by atoms with E-state index in [1.165, 1.54) is 0 Å². The third-order valence-corrected chi connectivity index (χ3v) is 3.41. The Hall–Kier alpha value is -0.540. The molecule has 0 saturated carbocycles. The molecule has 0 bridgehead atoms. The van der Waals surface area contributed by atoms with E-state index in [0.717, 1.165) is 38.0 Å². The summed E-state index contributed by atoms with van der Waals surface area (Å²) in [6.07, 6.45) is 7.14. The predicted octanol–water partition coefficient (Wildman–Crippen LogP) is 2.92. The van der Waals surface area contributed by atoms with E-state index in [1.807, 2.05) is 10.9 Å². The van der Waals surface area contributed by atoms with Gasteiger partial charge in [0, 0.05) is 18.4 Å². The number of ether oxygens (including phenoxy) is 1. The average molecular weight is 229 g/mol. The third-order valence-electron chi connectivity index (χ3n) is 2.85. The van der Waals surface area contributed by atoms with Crippen molar-refractivity contribution in [3.63, 3.8) is 0 Å². The van der Waals surface area contributed by atoms with Gasteiger partial charge in [-0.15, -0.1) is 11.6 Å². The molecular formula is C11H17ClN2O. The minimum Gasteiger partial charge on any atom is -0.379 e. The van der Waals surface area contributed by atoms with E-state index in [0.29, 0.717) is 6.04 Å². The smallest absolute Gasteiger partial charge is 0.0753 e. The maximum atomic E-state index is 6.16. The van der Waals surface area contributed by atoms with Crippen molar-refractivity contribution in [1.29, 1.82) is 0 Å². The van der Waals surface area contributed by atoms with Gasteiger partial charge in [-0.3, -0.25) is 4.68 Å². The highest BCUT2D eigenvalue weighted by Gasteiger charge is 2.17. The van der Waals surface area contributed by atoms with E-state index < -0.39 is 0 Å². The first-order valence-electron chi connectivity index (χ1n) is 5.57. The molecule has 1 aromatic heterocycles. The van der Waals surface area contributed by atoms with Gasteiger partial charge in [0.15, 0.2) is 0 Å². The van der Waals surface area contributed by atoms with Crippen LogP contribution >= 0.6 is 11.6 Å². The Kier molecular flexibility index (Phi) is 3.65. The van der Waals surface area contributed by atoms with Gasteiger partial charge in [0.25, 0.3) is 0 Å². The van der Waals surface area contributed by atoms with Crippen molar-refractivity contribution in [1.82, 2.24) is 9.78 Å². The summed E-state index contributed by atoms with van der Waals surface area (Å²) in [7, 11) is 0. The van der Waals surface area contributed by atoms with Crippen LogP contribution < -0.4 is 0 Å². The zero-order chi connectivity index (χ0) is 10.7. The number of hydrogen-bond acceptors (Lipinski definition) is 2. The van der Waals surface area contributed by atoms with Crippen LogP contribution in [-0.4, -0.2) is 23.0 Å². The van der Waals surface area contributed by atoms with E-state index in [-0.39, 0.29) is 5.38 Å². The standard InChI is InChI=1S/C11H17ClN2O/c1-2-11(12)9-6-13-14(7-9)10-4-3-5-15-8-10/h6-7,10-11H,2-5,8H2,1H3. The van der Waals surface area contributed by atoms with Gasteiger partial charge in [0.05, 0.1) is 24.2 Å². The normalized spacial score (nSPS) is 24.0. The van der Waals surface area contributed by atoms with Gasteiger partial charge in [0.2, 0.25) is 0 Å². The summed E-state index contributed by atoms with van der Waals surface area (Å²) >= 11 is 6.16. The molecule has 0 spiro atoms. The first-order chi connectivity index (χ1) is 7.31. The molecule has 0 aromatic carbocycles. The highest BCUT2D eigenvalue weighted by atomic mass is 35.5. The molecule has 1 aromatic rings. The highest BCUT2D eigenvalue weighted by molar-refractivity contribution is 6.20. The molecule has 0 amide bonds. The molecule has 0 N–H and O–H groups in total. The van der Waals surface area contributed by atoms with Crippen LogP contribution in [0.15, 0.2) is 12.4 Å². The van der Waals surface area contributed by atoms with E-state index in [9.17, 15) is 0 Å². The molecule has 4 heteroatoms. The highest BCUT2D eigenvalue weighted by Crippen LogP contribution is 2.25. The lowest BCUT2D eigenvalue weighted by atomic mass is 10.1. The molecule has 2 atom stereocenters. The molecule has 2 heterocycles. The summed E-state index contributed by atoms with van der Waals surface area (Å²) in [4.78, 5) is 0. The predicted molar refractivity (Wildman–Crippen MR) is 60.2 cm³/mol. The Morgan fingerprint density at radius 1 is 1.73 bits per heavy atom. The van der Waals surface area contributed by atoms with E-state index in [2.05, 4.69) is 18.2 Å². The Morgan fingerprint density at radius 3 is 3.27 bits per heavy atom. The molecule has 2 unspecified atom stereocenters. The van der Waals surface area contributed by atoms with Crippen LogP contribution in [0.25, 0.3) is 0 Å². The molecular weight excluding hydrogens is 212 g/mol. The average Bonchev–Trinajstić information content (AvgIpc) is 2.78. The topological polar surface area (TPSA) is 27.1 Å². The van der Waals surface area contributed by atoms with Gasteiger partial charge in [-0.2, -0.15) is 5.10 Å². The van der Waals surface area contributed by atoms with Crippen LogP contribution in [-0.2, 0) is 4.74 Å². The third kappa shape index (κ3) is 2.52. The summed E-state index contributed by atoms with van der Waals surface area (Å²) in [5.41, 5.74) is 1.12. The molecule has 3 nitrogen and oxygen atoms in total. The fraction of sp³-hybridized carbons (Fsp3) is 0.727. The molecule has 0 aliphatic carbocycles. The van der Waals surface area contributed by atoms with Crippen LogP contribution in [0, 0.1) is 0 Å². The number of alkyl halides is 1. The van der Waals surface area contributed by atoms with Crippen molar-refractivity contribution in [2.75, 3.05) is 13.2 Å². The number of aromatic nitrogens is 2. The Balaban J connectivity index is 2.05. The Bertz CT molecular complexity index is 307. The van der Waals surface area contributed by atoms with Gasteiger partial charge in [-0.1, -0.05) is 6.92 Å². The maximum absolute atomic E-state index is 6.16. The van der Waals surface area contributed by atoms with Crippen LogP contribution in [0.1, 0.15) is 43.2 Å². The van der Waals surface area contributed by atoms with E-state index >= 15 is 0 Å². The lowest BCUT2D eigenvalue weighted by Gasteiger charge is -2.22. The second-order valence-electron chi connectivity index (χ2n) is 4.00.